The third kappa shape index (κ3) is 2.33. The van der Waals surface area contributed by atoms with Crippen LogP contribution in [-0.4, -0.2) is 36.4 Å². The van der Waals surface area contributed by atoms with E-state index in [1.54, 1.807) is 13.3 Å². The summed E-state index contributed by atoms with van der Waals surface area (Å²) < 4.78 is 5.39. The minimum Gasteiger partial charge on any atom is -0.392 e. The molecule has 1 aromatic heterocycles. The van der Waals surface area contributed by atoms with Gasteiger partial charge in [-0.2, -0.15) is 0 Å². The van der Waals surface area contributed by atoms with E-state index in [1.807, 2.05) is 12.3 Å². The number of hydrogen-bond acceptors (Lipinski definition) is 4. The highest BCUT2D eigenvalue weighted by molar-refractivity contribution is 5.51. The van der Waals surface area contributed by atoms with E-state index in [0.29, 0.717) is 6.10 Å². The topological polar surface area (TPSA) is 45.6 Å². The van der Waals surface area contributed by atoms with Crippen molar-refractivity contribution in [3.63, 3.8) is 0 Å². The first-order valence-electron chi connectivity index (χ1n) is 5.66. The van der Waals surface area contributed by atoms with Crippen molar-refractivity contribution < 1.29 is 9.84 Å². The minimum atomic E-state index is 0.0615. The van der Waals surface area contributed by atoms with Crippen LogP contribution in [0.3, 0.4) is 0 Å². The van der Waals surface area contributed by atoms with Crippen molar-refractivity contribution in [2.45, 2.75) is 25.6 Å². The molecule has 0 amide bonds. The van der Waals surface area contributed by atoms with Crippen LogP contribution in [0.25, 0.3) is 0 Å². The fraction of sp³-hybridized carbons (Fsp3) is 0.583. The molecule has 1 aromatic rings. The van der Waals surface area contributed by atoms with Crippen LogP contribution in [0, 0.1) is 0 Å². The van der Waals surface area contributed by atoms with Gasteiger partial charge in [-0.1, -0.05) is 0 Å². The molecular formula is C12H18N2O2. The van der Waals surface area contributed by atoms with Crippen LogP contribution >= 0.6 is 0 Å². The molecule has 0 spiro atoms. The largest absolute Gasteiger partial charge is 0.392 e. The van der Waals surface area contributed by atoms with Gasteiger partial charge in [0.2, 0.25) is 0 Å². The van der Waals surface area contributed by atoms with Gasteiger partial charge < -0.3 is 14.7 Å². The standard InChI is InChI=1S/C12H18N2O2/c1-16-11-3-2-6-14(8-11)12-7-13-5-4-10(12)9-15/h4-5,7,11,15H,2-3,6,8-9H2,1H3. The summed E-state index contributed by atoms with van der Waals surface area (Å²) in [6.45, 7) is 1.96. The van der Waals surface area contributed by atoms with Crippen LogP contribution in [0.4, 0.5) is 5.69 Å². The second-order valence-electron chi connectivity index (χ2n) is 4.11. The zero-order valence-electron chi connectivity index (χ0n) is 9.59. The Morgan fingerprint density at radius 3 is 3.25 bits per heavy atom. The molecule has 1 fully saturated rings. The molecule has 0 aromatic carbocycles. The number of aliphatic hydroxyl groups is 1. The van der Waals surface area contributed by atoms with Crippen LogP contribution in [0.5, 0.6) is 0 Å². The molecule has 0 aliphatic carbocycles. The zero-order chi connectivity index (χ0) is 11.4. The number of aliphatic hydroxyl groups excluding tert-OH is 1. The molecule has 4 nitrogen and oxygen atoms in total. The lowest BCUT2D eigenvalue weighted by atomic mass is 10.1. The average molecular weight is 222 g/mol. The van der Waals surface area contributed by atoms with Crippen molar-refractivity contribution in [3.8, 4) is 0 Å². The highest BCUT2D eigenvalue weighted by Crippen LogP contribution is 2.23. The SMILES string of the molecule is COC1CCCN(c2cnccc2CO)C1. The van der Waals surface area contributed by atoms with Gasteiger partial charge in [0.25, 0.3) is 0 Å². The van der Waals surface area contributed by atoms with Crippen molar-refractivity contribution in [1.29, 1.82) is 0 Å². The van der Waals surface area contributed by atoms with E-state index < -0.39 is 0 Å². The first kappa shape index (κ1) is 11.4. The van der Waals surface area contributed by atoms with E-state index in [2.05, 4.69) is 9.88 Å². The van der Waals surface area contributed by atoms with E-state index in [4.69, 9.17) is 4.74 Å². The van der Waals surface area contributed by atoms with Crippen LogP contribution in [0.15, 0.2) is 18.5 Å². The number of piperidine rings is 1. The minimum absolute atomic E-state index is 0.0615. The van der Waals surface area contributed by atoms with Crippen molar-refractivity contribution in [1.82, 2.24) is 4.98 Å². The van der Waals surface area contributed by atoms with Crippen LogP contribution in [-0.2, 0) is 11.3 Å². The number of aromatic nitrogens is 1. The maximum atomic E-state index is 9.29. The lowest BCUT2D eigenvalue weighted by Crippen LogP contribution is -2.39. The van der Waals surface area contributed by atoms with Crippen LogP contribution in [0.1, 0.15) is 18.4 Å². The Bertz CT molecular complexity index is 344. The van der Waals surface area contributed by atoms with Crippen molar-refractivity contribution in [3.05, 3.63) is 24.0 Å². The summed E-state index contributed by atoms with van der Waals surface area (Å²) in [5.41, 5.74) is 1.97. The second-order valence-corrected chi connectivity index (χ2v) is 4.11. The molecule has 0 saturated carbocycles. The third-order valence-corrected chi connectivity index (χ3v) is 3.11. The normalized spacial score (nSPS) is 21.1. The van der Waals surface area contributed by atoms with E-state index >= 15 is 0 Å². The van der Waals surface area contributed by atoms with Gasteiger partial charge in [0.15, 0.2) is 0 Å². The van der Waals surface area contributed by atoms with Crippen LogP contribution < -0.4 is 4.90 Å². The quantitative estimate of drug-likeness (QED) is 0.834. The summed E-state index contributed by atoms with van der Waals surface area (Å²) in [6, 6.07) is 1.87. The third-order valence-electron chi connectivity index (χ3n) is 3.11. The van der Waals surface area contributed by atoms with Gasteiger partial charge in [-0.15, -0.1) is 0 Å². The Hall–Kier alpha value is -1.13. The van der Waals surface area contributed by atoms with Crippen molar-refractivity contribution in [2.75, 3.05) is 25.1 Å². The van der Waals surface area contributed by atoms with Crippen LogP contribution in [0.2, 0.25) is 0 Å². The van der Waals surface area contributed by atoms with Gasteiger partial charge in [-0.25, -0.2) is 0 Å². The summed E-state index contributed by atoms with van der Waals surface area (Å²) >= 11 is 0. The smallest absolute Gasteiger partial charge is 0.0746 e. The Kier molecular flexibility index (Phi) is 3.74. The van der Waals surface area contributed by atoms with E-state index in [9.17, 15) is 5.11 Å². The number of pyridine rings is 1. The summed E-state index contributed by atoms with van der Waals surface area (Å²) in [7, 11) is 1.75. The summed E-state index contributed by atoms with van der Waals surface area (Å²) in [4.78, 5) is 6.37. The molecule has 0 radical (unpaired) electrons. The van der Waals surface area contributed by atoms with Gasteiger partial charge in [-0.05, 0) is 18.9 Å². The second kappa shape index (κ2) is 5.27. The molecule has 4 heteroatoms. The first-order chi connectivity index (χ1) is 7.85. The molecule has 2 rings (SSSR count). The maximum Gasteiger partial charge on any atom is 0.0746 e. The van der Waals surface area contributed by atoms with E-state index in [0.717, 1.165) is 37.2 Å². The Balaban J connectivity index is 2.16. The predicted octanol–water partition coefficient (Wildman–Crippen LogP) is 1.19. The number of methoxy groups -OCH3 is 1. The van der Waals surface area contributed by atoms with Gasteiger partial charge in [0, 0.05) is 32.0 Å². The summed E-state index contributed by atoms with van der Waals surface area (Å²) in [6.07, 6.45) is 6.07. The fourth-order valence-corrected chi connectivity index (χ4v) is 2.18. The molecular weight excluding hydrogens is 204 g/mol. The Morgan fingerprint density at radius 1 is 1.62 bits per heavy atom. The predicted molar refractivity (Wildman–Crippen MR) is 62.4 cm³/mol. The Labute approximate surface area is 95.9 Å². The molecule has 1 saturated heterocycles. The average Bonchev–Trinajstić information content (AvgIpc) is 2.38. The molecule has 1 aliphatic rings. The lowest BCUT2D eigenvalue weighted by molar-refractivity contribution is 0.0892. The molecule has 88 valence electrons. The molecule has 16 heavy (non-hydrogen) atoms. The highest BCUT2D eigenvalue weighted by atomic mass is 16.5. The van der Waals surface area contributed by atoms with Crippen molar-refractivity contribution >= 4 is 5.69 Å². The number of ether oxygens (including phenoxy) is 1. The molecule has 1 atom stereocenters. The fourth-order valence-electron chi connectivity index (χ4n) is 2.18. The number of anilines is 1. The monoisotopic (exact) mass is 222 g/mol. The van der Waals surface area contributed by atoms with E-state index in [1.165, 1.54) is 0 Å². The van der Waals surface area contributed by atoms with Gasteiger partial charge in [0.05, 0.1) is 24.6 Å². The van der Waals surface area contributed by atoms with Gasteiger partial charge in [-0.3, -0.25) is 4.98 Å². The maximum absolute atomic E-state index is 9.29. The number of nitrogens with zero attached hydrogens (tertiary/aromatic N) is 2. The highest BCUT2D eigenvalue weighted by Gasteiger charge is 2.21. The zero-order valence-corrected chi connectivity index (χ0v) is 9.59. The van der Waals surface area contributed by atoms with Gasteiger partial charge >= 0.3 is 0 Å². The number of hydrogen-bond donors (Lipinski definition) is 1. The summed E-state index contributed by atoms with van der Waals surface area (Å²) in [5, 5.41) is 9.29. The van der Waals surface area contributed by atoms with E-state index in [-0.39, 0.29) is 6.61 Å². The molecule has 2 heterocycles. The molecule has 1 aliphatic heterocycles. The lowest BCUT2D eigenvalue weighted by Gasteiger charge is -2.34. The van der Waals surface area contributed by atoms with Crippen molar-refractivity contribution in [2.24, 2.45) is 0 Å². The first-order valence-corrected chi connectivity index (χ1v) is 5.66. The number of rotatable bonds is 3. The molecule has 1 unspecified atom stereocenters. The van der Waals surface area contributed by atoms with Gasteiger partial charge in [0.1, 0.15) is 0 Å². The Morgan fingerprint density at radius 2 is 2.50 bits per heavy atom. The summed E-state index contributed by atoms with van der Waals surface area (Å²) in [5.74, 6) is 0. The molecule has 1 N–H and O–H groups in total. The molecule has 0 bridgehead atoms.